The molecular formula is C40H41N3O6S2. The SMILES string of the molecule is Cc1ccc(S(=O)(=O)N[C@H](Cc2ccccc2)C(=O)Nc2ccc([C@@H]3O[C@H](CSc4ccccn4)[C@H](C)[C@H](c4ccc(CO)cc4)O3)cc2)cc1. The van der Waals surface area contributed by atoms with Crippen molar-refractivity contribution in [2.75, 3.05) is 11.1 Å². The molecule has 264 valence electrons. The topological polar surface area (TPSA) is 127 Å². The third-order valence-corrected chi connectivity index (χ3v) is 11.4. The number of benzene rings is 4. The molecule has 1 amide bonds. The molecule has 5 atom stereocenters. The Hall–Kier alpha value is -4.36. The molecule has 3 N–H and O–H groups in total. The number of thioether (sulfide) groups is 1. The summed E-state index contributed by atoms with van der Waals surface area (Å²) >= 11 is 1.63. The predicted octanol–water partition coefficient (Wildman–Crippen LogP) is 6.99. The zero-order valence-electron chi connectivity index (χ0n) is 28.4. The third-order valence-electron chi connectivity index (χ3n) is 8.83. The van der Waals surface area contributed by atoms with Crippen molar-refractivity contribution in [3.8, 4) is 0 Å². The maximum absolute atomic E-state index is 13.7. The van der Waals surface area contributed by atoms with Crippen LogP contribution in [0.1, 0.15) is 47.1 Å². The largest absolute Gasteiger partial charge is 0.392 e. The van der Waals surface area contributed by atoms with Gasteiger partial charge in [0, 0.05) is 29.1 Å². The van der Waals surface area contributed by atoms with Gasteiger partial charge in [-0.05, 0) is 66.4 Å². The van der Waals surface area contributed by atoms with Crippen molar-refractivity contribution in [1.82, 2.24) is 9.71 Å². The lowest BCUT2D eigenvalue weighted by Gasteiger charge is -2.41. The molecule has 0 aliphatic carbocycles. The van der Waals surface area contributed by atoms with Crippen molar-refractivity contribution < 1.29 is 27.8 Å². The van der Waals surface area contributed by atoms with Crippen LogP contribution >= 0.6 is 11.8 Å². The third kappa shape index (κ3) is 9.50. The second-order valence-corrected chi connectivity index (χ2v) is 15.3. The number of hydrogen-bond acceptors (Lipinski definition) is 8. The highest BCUT2D eigenvalue weighted by atomic mass is 32.2. The molecule has 1 aliphatic rings. The number of hydrogen-bond donors (Lipinski definition) is 3. The molecule has 51 heavy (non-hydrogen) atoms. The molecule has 0 saturated carbocycles. The Labute approximate surface area is 303 Å². The molecule has 0 radical (unpaired) electrons. The normalized spacial score (nSPS) is 19.7. The molecule has 0 unspecified atom stereocenters. The van der Waals surface area contributed by atoms with Crippen molar-refractivity contribution in [1.29, 1.82) is 0 Å². The van der Waals surface area contributed by atoms with Gasteiger partial charge >= 0.3 is 0 Å². The summed E-state index contributed by atoms with van der Waals surface area (Å²) in [6, 6.07) is 35.5. The Bertz CT molecular complexity index is 1980. The molecule has 2 heterocycles. The number of anilines is 1. The Balaban J connectivity index is 1.19. The number of carbonyl (C=O) groups is 1. The van der Waals surface area contributed by atoms with Gasteiger partial charge < -0.3 is 19.9 Å². The van der Waals surface area contributed by atoms with Crippen LogP contribution in [0.25, 0.3) is 0 Å². The summed E-state index contributed by atoms with van der Waals surface area (Å²) in [6.45, 7) is 3.96. The van der Waals surface area contributed by atoms with Crippen LogP contribution in [0, 0.1) is 12.8 Å². The number of aromatic nitrogens is 1. The van der Waals surface area contributed by atoms with Gasteiger partial charge in [-0.2, -0.15) is 4.72 Å². The maximum atomic E-state index is 13.7. The Morgan fingerprint density at radius 3 is 2.20 bits per heavy atom. The number of aliphatic hydroxyl groups excluding tert-OH is 1. The summed E-state index contributed by atoms with van der Waals surface area (Å²) in [5.74, 6) is 0.194. The van der Waals surface area contributed by atoms with Gasteiger partial charge in [-0.25, -0.2) is 13.4 Å². The maximum Gasteiger partial charge on any atom is 0.242 e. The van der Waals surface area contributed by atoms with E-state index in [1.165, 1.54) is 12.1 Å². The van der Waals surface area contributed by atoms with E-state index in [0.29, 0.717) is 11.4 Å². The molecular weight excluding hydrogens is 683 g/mol. The fourth-order valence-corrected chi connectivity index (χ4v) is 8.10. The highest BCUT2D eigenvalue weighted by Gasteiger charge is 2.38. The minimum atomic E-state index is -3.98. The van der Waals surface area contributed by atoms with E-state index in [4.69, 9.17) is 9.47 Å². The van der Waals surface area contributed by atoms with Gasteiger partial charge in [-0.1, -0.05) is 97.4 Å². The summed E-state index contributed by atoms with van der Waals surface area (Å²) in [5, 5.41) is 13.4. The average Bonchev–Trinajstić information content (AvgIpc) is 3.15. The average molecular weight is 724 g/mol. The van der Waals surface area contributed by atoms with Crippen molar-refractivity contribution in [2.24, 2.45) is 5.92 Å². The lowest BCUT2D eigenvalue weighted by atomic mass is 9.91. The van der Waals surface area contributed by atoms with Crippen molar-refractivity contribution in [3.05, 3.63) is 155 Å². The van der Waals surface area contributed by atoms with Gasteiger partial charge in [0.2, 0.25) is 15.9 Å². The molecule has 11 heteroatoms. The summed E-state index contributed by atoms with van der Waals surface area (Å²) in [4.78, 5) is 18.2. The first-order valence-electron chi connectivity index (χ1n) is 16.8. The number of sulfonamides is 1. The summed E-state index contributed by atoms with van der Waals surface area (Å²) in [6.07, 6.45) is 0.809. The number of nitrogens with zero attached hydrogens (tertiary/aromatic N) is 1. The van der Waals surface area contributed by atoms with Gasteiger partial charge in [0.05, 0.1) is 28.7 Å². The predicted molar refractivity (Wildman–Crippen MR) is 198 cm³/mol. The fraction of sp³-hybridized carbons (Fsp3) is 0.250. The second-order valence-electron chi connectivity index (χ2n) is 12.6. The lowest BCUT2D eigenvalue weighted by molar-refractivity contribution is -0.268. The standard InChI is InChI=1S/C40H41N3O6S2/c1-27-11-21-34(22-12-27)51(46,47)43-35(24-29-8-4-3-5-9-29)39(45)42-33-19-17-32(18-20-33)40-48-36(26-50-37-10-6-7-23-41-37)28(2)38(49-40)31-15-13-30(25-44)14-16-31/h3-23,28,35-36,38,40,43-44H,24-26H2,1-2H3,(H,42,45)/t28-,35+,36+,38+,40+/m0/s1. The van der Waals surface area contributed by atoms with Gasteiger partial charge in [0.25, 0.3) is 0 Å². The van der Waals surface area contributed by atoms with Crippen LogP contribution in [0.5, 0.6) is 0 Å². The van der Waals surface area contributed by atoms with Crippen LogP contribution in [0.4, 0.5) is 5.69 Å². The van der Waals surface area contributed by atoms with E-state index in [2.05, 4.69) is 21.9 Å². The molecule has 1 aliphatic heterocycles. The first-order chi connectivity index (χ1) is 24.7. The summed E-state index contributed by atoms with van der Waals surface area (Å²) in [5.41, 5.74) is 4.83. The molecule has 1 aromatic heterocycles. The summed E-state index contributed by atoms with van der Waals surface area (Å²) in [7, 11) is -3.98. The van der Waals surface area contributed by atoms with Crippen LogP contribution in [0.2, 0.25) is 0 Å². The first-order valence-corrected chi connectivity index (χ1v) is 19.2. The van der Waals surface area contributed by atoms with Gasteiger partial charge in [0.15, 0.2) is 6.29 Å². The van der Waals surface area contributed by atoms with Crippen LogP contribution in [-0.2, 0) is 37.3 Å². The van der Waals surface area contributed by atoms with E-state index in [1.807, 2.05) is 91.9 Å². The quantitative estimate of drug-likeness (QED) is 0.111. The molecule has 6 rings (SSSR count). The van der Waals surface area contributed by atoms with E-state index in [-0.39, 0.29) is 36.0 Å². The zero-order chi connectivity index (χ0) is 35.8. The van der Waals surface area contributed by atoms with E-state index in [0.717, 1.165) is 32.8 Å². The zero-order valence-corrected chi connectivity index (χ0v) is 30.0. The minimum Gasteiger partial charge on any atom is -0.392 e. The van der Waals surface area contributed by atoms with Gasteiger partial charge in [-0.3, -0.25) is 4.79 Å². The van der Waals surface area contributed by atoms with E-state index < -0.39 is 28.3 Å². The molecule has 9 nitrogen and oxygen atoms in total. The number of rotatable bonds is 13. The van der Waals surface area contributed by atoms with E-state index in [1.54, 1.807) is 42.2 Å². The first kappa shape index (κ1) is 36.4. The fourth-order valence-electron chi connectivity index (χ4n) is 5.87. The number of amides is 1. The van der Waals surface area contributed by atoms with Crippen LogP contribution in [0.3, 0.4) is 0 Å². The Morgan fingerprint density at radius 1 is 0.843 bits per heavy atom. The highest BCUT2D eigenvalue weighted by Crippen LogP contribution is 2.43. The Kier molecular flexibility index (Phi) is 12.0. The van der Waals surface area contributed by atoms with E-state index >= 15 is 0 Å². The molecule has 0 bridgehead atoms. The van der Waals surface area contributed by atoms with Gasteiger partial charge in [0.1, 0.15) is 6.04 Å². The molecule has 5 aromatic rings. The molecule has 1 fully saturated rings. The van der Waals surface area contributed by atoms with Crippen molar-refractivity contribution in [3.63, 3.8) is 0 Å². The number of carbonyl (C=O) groups excluding carboxylic acids is 1. The van der Waals surface area contributed by atoms with E-state index in [9.17, 15) is 18.3 Å². The number of pyridine rings is 1. The Morgan fingerprint density at radius 2 is 1.53 bits per heavy atom. The number of aryl methyl sites for hydroxylation is 1. The number of nitrogens with one attached hydrogen (secondary N) is 2. The molecule has 4 aromatic carbocycles. The molecule has 0 spiro atoms. The van der Waals surface area contributed by atoms with Crippen LogP contribution in [-0.4, -0.2) is 42.3 Å². The van der Waals surface area contributed by atoms with Crippen molar-refractivity contribution >= 4 is 33.4 Å². The number of aliphatic hydroxyl groups is 1. The second kappa shape index (κ2) is 16.8. The highest BCUT2D eigenvalue weighted by molar-refractivity contribution is 7.99. The lowest BCUT2D eigenvalue weighted by Crippen LogP contribution is -2.45. The van der Waals surface area contributed by atoms with Crippen LogP contribution in [0.15, 0.2) is 137 Å². The smallest absolute Gasteiger partial charge is 0.242 e. The number of ether oxygens (including phenoxy) is 2. The van der Waals surface area contributed by atoms with Crippen LogP contribution < -0.4 is 10.0 Å². The van der Waals surface area contributed by atoms with Gasteiger partial charge in [-0.15, -0.1) is 11.8 Å². The molecule has 1 saturated heterocycles. The van der Waals surface area contributed by atoms with Crippen molar-refractivity contribution in [2.45, 2.75) is 61.3 Å². The monoisotopic (exact) mass is 723 g/mol. The minimum absolute atomic E-state index is 0.0150. The summed E-state index contributed by atoms with van der Waals surface area (Å²) < 4.78 is 42.4.